The molecule has 140 valence electrons. The summed E-state index contributed by atoms with van der Waals surface area (Å²) in [5.41, 5.74) is 11.9. The van der Waals surface area contributed by atoms with E-state index in [1.54, 1.807) is 0 Å². The van der Waals surface area contributed by atoms with Crippen LogP contribution in [0.2, 0.25) is 0 Å². The lowest BCUT2D eigenvalue weighted by Gasteiger charge is -2.31. The number of hydrogen-bond donors (Lipinski definition) is 1. The van der Waals surface area contributed by atoms with E-state index in [4.69, 9.17) is 10.2 Å². The van der Waals surface area contributed by atoms with Gasteiger partial charge in [-0.1, -0.05) is 30.3 Å². The molecule has 3 heterocycles. The number of hydrogen-bond acceptors (Lipinski definition) is 5. The number of para-hydroxylation sites is 1. The maximum Gasteiger partial charge on any atom is 0.134 e. The van der Waals surface area contributed by atoms with Crippen LogP contribution in [0.1, 0.15) is 28.5 Å². The Labute approximate surface area is 163 Å². The second-order valence-corrected chi connectivity index (χ2v) is 7.46. The number of likely N-dealkylation sites (N-methyl/N-ethyl adjacent to an activating group) is 1. The molecule has 0 amide bonds. The lowest BCUT2D eigenvalue weighted by molar-refractivity contribution is 0.282. The van der Waals surface area contributed by atoms with Gasteiger partial charge in [-0.05, 0) is 48.5 Å². The van der Waals surface area contributed by atoms with Gasteiger partial charge in [0.05, 0.1) is 17.3 Å². The molecular formula is C23H22N4O. The second-order valence-electron chi connectivity index (χ2n) is 7.46. The fourth-order valence-electron chi connectivity index (χ4n) is 4.05. The van der Waals surface area contributed by atoms with Gasteiger partial charge in [-0.25, -0.2) is 0 Å². The lowest BCUT2D eigenvalue weighted by atomic mass is 9.86. The van der Waals surface area contributed by atoms with Crippen molar-refractivity contribution in [1.29, 1.82) is 0 Å². The third-order valence-electron chi connectivity index (χ3n) is 5.47. The number of nitrogens with zero attached hydrogens (tertiary/aromatic N) is 3. The molecule has 2 N–H and O–H groups in total. The molecule has 2 aromatic carbocycles. The minimum absolute atomic E-state index is 0.223. The summed E-state index contributed by atoms with van der Waals surface area (Å²) in [5, 5.41) is 9.67. The standard InChI is InChI=1S/C23H22N4O/c1-27-13-17-10-15(21-9-7-18(12-24)25-26-21)6-8-19(17)20(14-27)23-11-16-4-2-3-5-22(16)28-23/h2-11,20H,12-14,24H2,1H3. The van der Waals surface area contributed by atoms with E-state index in [0.29, 0.717) is 6.54 Å². The fraction of sp³-hybridized carbons (Fsp3) is 0.217. The Bertz CT molecular complexity index is 1100. The summed E-state index contributed by atoms with van der Waals surface area (Å²) in [7, 11) is 2.15. The van der Waals surface area contributed by atoms with Crippen LogP contribution in [-0.2, 0) is 13.1 Å². The predicted octanol–water partition coefficient (Wildman–Crippen LogP) is 3.93. The molecule has 0 aliphatic carbocycles. The van der Waals surface area contributed by atoms with E-state index < -0.39 is 0 Å². The third-order valence-corrected chi connectivity index (χ3v) is 5.47. The summed E-state index contributed by atoms with van der Waals surface area (Å²) in [4.78, 5) is 2.34. The topological polar surface area (TPSA) is 68.2 Å². The van der Waals surface area contributed by atoms with Crippen molar-refractivity contribution in [3.05, 3.63) is 83.2 Å². The molecule has 0 spiro atoms. The second kappa shape index (κ2) is 6.86. The molecular weight excluding hydrogens is 348 g/mol. The SMILES string of the molecule is CN1Cc2cc(-c3ccc(CN)nn3)ccc2C(c2cc3ccccc3o2)C1. The average Bonchev–Trinajstić information content (AvgIpc) is 3.17. The predicted molar refractivity (Wildman–Crippen MR) is 110 cm³/mol. The highest BCUT2D eigenvalue weighted by Gasteiger charge is 2.27. The molecule has 1 aliphatic heterocycles. The first kappa shape index (κ1) is 17.1. The van der Waals surface area contributed by atoms with E-state index >= 15 is 0 Å². The first-order valence-corrected chi connectivity index (χ1v) is 9.54. The summed E-state index contributed by atoms with van der Waals surface area (Å²) in [6, 6.07) is 20.9. The number of aromatic nitrogens is 2. The zero-order chi connectivity index (χ0) is 19.1. The van der Waals surface area contributed by atoms with Crippen molar-refractivity contribution in [1.82, 2.24) is 15.1 Å². The van der Waals surface area contributed by atoms with Crippen LogP contribution in [-0.4, -0.2) is 28.7 Å². The van der Waals surface area contributed by atoms with Crippen LogP contribution < -0.4 is 5.73 Å². The van der Waals surface area contributed by atoms with Crippen LogP contribution in [0.3, 0.4) is 0 Å². The first-order valence-electron chi connectivity index (χ1n) is 9.54. The van der Waals surface area contributed by atoms with Crippen LogP contribution in [0.5, 0.6) is 0 Å². The molecule has 0 fully saturated rings. The van der Waals surface area contributed by atoms with Gasteiger partial charge in [0.25, 0.3) is 0 Å². The smallest absolute Gasteiger partial charge is 0.134 e. The number of nitrogens with two attached hydrogens (primary N) is 1. The van der Waals surface area contributed by atoms with E-state index in [9.17, 15) is 0 Å². The Hall–Kier alpha value is -3.02. The summed E-state index contributed by atoms with van der Waals surface area (Å²) >= 11 is 0. The van der Waals surface area contributed by atoms with Gasteiger partial charge < -0.3 is 15.1 Å². The van der Waals surface area contributed by atoms with Crippen molar-refractivity contribution in [2.75, 3.05) is 13.6 Å². The molecule has 1 unspecified atom stereocenters. The van der Waals surface area contributed by atoms with Crippen LogP contribution >= 0.6 is 0 Å². The summed E-state index contributed by atoms with van der Waals surface area (Å²) in [5.74, 6) is 1.25. The van der Waals surface area contributed by atoms with Crippen LogP contribution in [0.15, 0.2) is 65.1 Å². The van der Waals surface area contributed by atoms with E-state index in [0.717, 1.165) is 46.8 Å². The first-order chi connectivity index (χ1) is 13.7. The van der Waals surface area contributed by atoms with Gasteiger partial charge in [0.2, 0.25) is 0 Å². The number of fused-ring (bicyclic) bond motifs is 2. The van der Waals surface area contributed by atoms with Crippen molar-refractivity contribution < 1.29 is 4.42 Å². The van der Waals surface area contributed by atoms with Gasteiger partial charge in [-0.3, -0.25) is 0 Å². The normalized spacial score (nSPS) is 17.0. The van der Waals surface area contributed by atoms with Crippen LogP contribution in [0, 0.1) is 0 Å². The van der Waals surface area contributed by atoms with Crippen molar-refractivity contribution in [2.24, 2.45) is 5.73 Å². The molecule has 4 aromatic rings. The zero-order valence-corrected chi connectivity index (χ0v) is 15.8. The van der Waals surface area contributed by atoms with Gasteiger partial charge in [-0.15, -0.1) is 0 Å². The highest BCUT2D eigenvalue weighted by Crippen LogP contribution is 2.37. The monoisotopic (exact) mass is 370 g/mol. The Kier molecular flexibility index (Phi) is 4.19. The average molecular weight is 370 g/mol. The number of benzene rings is 2. The van der Waals surface area contributed by atoms with Gasteiger partial charge in [0.15, 0.2) is 0 Å². The van der Waals surface area contributed by atoms with Gasteiger partial charge >= 0.3 is 0 Å². The zero-order valence-electron chi connectivity index (χ0n) is 15.8. The largest absolute Gasteiger partial charge is 0.460 e. The maximum atomic E-state index is 6.19. The molecule has 0 saturated heterocycles. The number of furan rings is 1. The quantitative estimate of drug-likeness (QED) is 0.592. The highest BCUT2D eigenvalue weighted by molar-refractivity contribution is 5.78. The third kappa shape index (κ3) is 2.99. The summed E-state index contributed by atoms with van der Waals surface area (Å²) in [6.07, 6.45) is 0. The Morgan fingerprint density at radius 1 is 1.07 bits per heavy atom. The van der Waals surface area contributed by atoms with Crippen molar-refractivity contribution in [2.45, 2.75) is 19.0 Å². The molecule has 1 atom stereocenters. The van der Waals surface area contributed by atoms with E-state index in [-0.39, 0.29) is 5.92 Å². The Morgan fingerprint density at radius 2 is 1.96 bits per heavy atom. The fourth-order valence-corrected chi connectivity index (χ4v) is 4.05. The van der Waals surface area contributed by atoms with Crippen molar-refractivity contribution in [3.63, 3.8) is 0 Å². The molecule has 0 radical (unpaired) electrons. The molecule has 28 heavy (non-hydrogen) atoms. The minimum Gasteiger partial charge on any atom is -0.460 e. The van der Waals surface area contributed by atoms with Crippen molar-refractivity contribution in [3.8, 4) is 11.3 Å². The number of rotatable bonds is 3. The van der Waals surface area contributed by atoms with Gasteiger partial charge in [0, 0.05) is 30.6 Å². The van der Waals surface area contributed by atoms with Crippen LogP contribution in [0.4, 0.5) is 0 Å². The van der Waals surface area contributed by atoms with Gasteiger partial charge in [0.1, 0.15) is 11.3 Å². The molecule has 0 saturated carbocycles. The van der Waals surface area contributed by atoms with E-state index in [2.05, 4.69) is 52.5 Å². The molecule has 2 aromatic heterocycles. The van der Waals surface area contributed by atoms with Crippen LogP contribution in [0.25, 0.3) is 22.2 Å². The summed E-state index contributed by atoms with van der Waals surface area (Å²) < 4.78 is 6.19. The molecule has 0 bridgehead atoms. The Balaban J connectivity index is 1.55. The maximum absolute atomic E-state index is 6.19. The highest BCUT2D eigenvalue weighted by atomic mass is 16.3. The molecule has 5 nitrogen and oxygen atoms in total. The summed E-state index contributed by atoms with van der Waals surface area (Å²) in [6.45, 7) is 2.26. The molecule has 1 aliphatic rings. The van der Waals surface area contributed by atoms with E-state index in [1.807, 2.05) is 30.3 Å². The minimum atomic E-state index is 0.223. The van der Waals surface area contributed by atoms with Crippen molar-refractivity contribution >= 4 is 11.0 Å². The molecule has 5 heteroatoms. The van der Waals surface area contributed by atoms with E-state index in [1.165, 1.54) is 11.1 Å². The Morgan fingerprint density at radius 3 is 2.75 bits per heavy atom. The lowest BCUT2D eigenvalue weighted by Crippen LogP contribution is -2.30. The van der Waals surface area contributed by atoms with Gasteiger partial charge in [-0.2, -0.15) is 10.2 Å². The molecule has 5 rings (SSSR count).